The van der Waals surface area contributed by atoms with Crippen LogP contribution in [0.4, 0.5) is 13.2 Å². The molecule has 1 saturated carbocycles. The molecule has 1 nitrogen and oxygen atoms in total. The molecule has 1 atom stereocenters. The van der Waals surface area contributed by atoms with E-state index in [1.807, 2.05) is 30.3 Å². The lowest BCUT2D eigenvalue weighted by atomic mass is 9.90. The van der Waals surface area contributed by atoms with E-state index >= 15 is 0 Å². The van der Waals surface area contributed by atoms with E-state index in [1.54, 1.807) is 0 Å². The number of hydrogen-bond donors (Lipinski definition) is 1. The van der Waals surface area contributed by atoms with Gasteiger partial charge in [-0.15, -0.1) is 0 Å². The summed E-state index contributed by atoms with van der Waals surface area (Å²) in [6.45, 7) is 0. The van der Waals surface area contributed by atoms with Crippen LogP contribution in [0.2, 0.25) is 0 Å². The zero-order chi connectivity index (χ0) is 11.8. The van der Waals surface area contributed by atoms with E-state index in [-0.39, 0.29) is 6.42 Å². The van der Waals surface area contributed by atoms with Crippen LogP contribution in [0.5, 0.6) is 0 Å². The van der Waals surface area contributed by atoms with Crippen LogP contribution >= 0.6 is 0 Å². The van der Waals surface area contributed by atoms with Crippen molar-refractivity contribution in [3.63, 3.8) is 0 Å². The number of halogens is 3. The van der Waals surface area contributed by atoms with Crippen LogP contribution < -0.4 is 0 Å². The summed E-state index contributed by atoms with van der Waals surface area (Å²) in [6, 6.07) is 9.12. The van der Waals surface area contributed by atoms with Crippen LogP contribution in [0.1, 0.15) is 24.8 Å². The van der Waals surface area contributed by atoms with E-state index in [0.29, 0.717) is 0 Å². The molecule has 1 aromatic rings. The molecule has 88 valence electrons. The fourth-order valence-corrected chi connectivity index (χ4v) is 2.04. The minimum atomic E-state index is -4.51. The molecule has 0 spiro atoms. The maximum atomic E-state index is 12.3. The normalized spacial score (nSPS) is 20.5. The number of aliphatic hydroxyl groups excluding tert-OH is 1. The number of rotatable bonds is 3. The Bertz CT molecular complexity index is 354. The highest BCUT2D eigenvalue weighted by atomic mass is 19.4. The van der Waals surface area contributed by atoms with Crippen molar-refractivity contribution in [3.05, 3.63) is 35.9 Å². The molecule has 0 aliphatic heterocycles. The zero-order valence-corrected chi connectivity index (χ0v) is 8.67. The van der Waals surface area contributed by atoms with Crippen molar-refractivity contribution in [2.24, 2.45) is 0 Å². The highest BCUT2D eigenvalue weighted by molar-refractivity contribution is 5.31. The van der Waals surface area contributed by atoms with Crippen molar-refractivity contribution in [1.29, 1.82) is 0 Å². The van der Waals surface area contributed by atoms with Crippen LogP contribution in [0.25, 0.3) is 0 Å². The van der Waals surface area contributed by atoms with Gasteiger partial charge in [-0.3, -0.25) is 0 Å². The second kappa shape index (κ2) is 3.77. The first-order chi connectivity index (χ1) is 7.44. The maximum Gasteiger partial charge on any atom is 0.414 e. The average Bonchev–Trinajstić information content (AvgIpc) is 2.99. The molecule has 1 unspecified atom stereocenters. The molecule has 0 saturated heterocycles. The number of alkyl halides is 3. The summed E-state index contributed by atoms with van der Waals surface area (Å²) in [4.78, 5) is 0. The van der Waals surface area contributed by atoms with Crippen LogP contribution in [0, 0.1) is 0 Å². The molecule has 1 N–H and O–H groups in total. The quantitative estimate of drug-likeness (QED) is 0.846. The molecule has 16 heavy (non-hydrogen) atoms. The number of hydrogen-bond acceptors (Lipinski definition) is 1. The molecule has 0 heterocycles. The van der Waals surface area contributed by atoms with Gasteiger partial charge >= 0.3 is 6.18 Å². The van der Waals surface area contributed by atoms with Gasteiger partial charge in [0.25, 0.3) is 0 Å². The predicted octanol–water partition coefficient (Wildman–Crippen LogP) is 3.03. The minimum absolute atomic E-state index is 0.222. The standard InChI is InChI=1S/C12H13F3O/c13-12(14,15)10(16)8-11(6-7-11)9-4-2-1-3-5-9/h1-5,10,16H,6-8H2. The number of benzene rings is 1. The second-order valence-corrected chi connectivity index (χ2v) is 4.41. The molecule has 1 fully saturated rings. The Hall–Kier alpha value is -1.03. The van der Waals surface area contributed by atoms with Crippen molar-refractivity contribution < 1.29 is 18.3 Å². The van der Waals surface area contributed by atoms with Gasteiger partial charge in [0.15, 0.2) is 6.10 Å². The summed E-state index contributed by atoms with van der Waals surface area (Å²) in [7, 11) is 0. The summed E-state index contributed by atoms with van der Waals surface area (Å²) in [5.74, 6) is 0. The summed E-state index contributed by atoms with van der Waals surface area (Å²) in [5, 5.41) is 9.10. The third-order valence-corrected chi connectivity index (χ3v) is 3.20. The third kappa shape index (κ3) is 2.21. The van der Waals surface area contributed by atoms with Gasteiger partial charge in [-0.05, 0) is 30.2 Å². The SMILES string of the molecule is OC(CC1(c2ccccc2)CC1)C(F)(F)F. The van der Waals surface area contributed by atoms with Gasteiger partial charge in [-0.2, -0.15) is 13.2 Å². The van der Waals surface area contributed by atoms with E-state index in [2.05, 4.69) is 0 Å². The largest absolute Gasteiger partial charge is 0.414 e. The molecule has 0 bridgehead atoms. The third-order valence-electron chi connectivity index (χ3n) is 3.20. The van der Waals surface area contributed by atoms with Gasteiger partial charge in [0.05, 0.1) is 0 Å². The van der Waals surface area contributed by atoms with Crippen molar-refractivity contribution >= 4 is 0 Å². The fraction of sp³-hybridized carbons (Fsp3) is 0.500. The summed E-state index contributed by atoms with van der Waals surface area (Å²) in [5.41, 5.74) is 0.453. The Balaban J connectivity index is 2.11. The van der Waals surface area contributed by atoms with Crippen LogP contribution in [-0.4, -0.2) is 17.4 Å². The minimum Gasteiger partial charge on any atom is -0.384 e. The van der Waals surface area contributed by atoms with Crippen LogP contribution in [0.15, 0.2) is 30.3 Å². The molecule has 0 radical (unpaired) electrons. The van der Waals surface area contributed by atoms with Gasteiger partial charge < -0.3 is 5.11 Å². The first-order valence-electron chi connectivity index (χ1n) is 5.24. The maximum absolute atomic E-state index is 12.3. The first kappa shape index (κ1) is 11.5. The van der Waals surface area contributed by atoms with Crippen LogP contribution in [-0.2, 0) is 5.41 Å². The molecule has 0 aromatic heterocycles. The molecule has 0 amide bonds. The Morgan fingerprint density at radius 2 is 1.75 bits per heavy atom. The van der Waals surface area contributed by atoms with E-state index in [1.165, 1.54) is 0 Å². The molecule has 2 rings (SSSR count). The van der Waals surface area contributed by atoms with E-state index in [4.69, 9.17) is 5.11 Å². The first-order valence-corrected chi connectivity index (χ1v) is 5.24. The zero-order valence-electron chi connectivity index (χ0n) is 8.67. The smallest absolute Gasteiger partial charge is 0.384 e. The summed E-state index contributed by atoms with van der Waals surface area (Å²) >= 11 is 0. The molecule has 1 aliphatic carbocycles. The second-order valence-electron chi connectivity index (χ2n) is 4.41. The van der Waals surface area contributed by atoms with Gasteiger partial charge in [-0.25, -0.2) is 0 Å². The molecular formula is C12H13F3O. The van der Waals surface area contributed by atoms with Crippen molar-refractivity contribution in [1.82, 2.24) is 0 Å². The Kier molecular flexibility index (Phi) is 2.70. The van der Waals surface area contributed by atoms with Gasteiger partial charge in [0, 0.05) is 0 Å². The molecule has 1 aliphatic rings. The average molecular weight is 230 g/mol. The molecule has 4 heteroatoms. The lowest BCUT2D eigenvalue weighted by Crippen LogP contribution is -2.32. The monoisotopic (exact) mass is 230 g/mol. The van der Waals surface area contributed by atoms with E-state index < -0.39 is 17.7 Å². The van der Waals surface area contributed by atoms with Crippen molar-refractivity contribution in [2.75, 3.05) is 0 Å². The highest BCUT2D eigenvalue weighted by Crippen LogP contribution is 2.52. The van der Waals surface area contributed by atoms with E-state index in [0.717, 1.165) is 18.4 Å². The lowest BCUT2D eigenvalue weighted by Gasteiger charge is -2.21. The number of aliphatic hydroxyl groups is 1. The van der Waals surface area contributed by atoms with Crippen LogP contribution in [0.3, 0.4) is 0 Å². The van der Waals surface area contributed by atoms with Gasteiger partial charge in [0.2, 0.25) is 0 Å². The Labute approximate surface area is 91.9 Å². The van der Waals surface area contributed by atoms with Crippen molar-refractivity contribution in [3.8, 4) is 0 Å². The Morgan fingerprint density at radius 1 is 1.19 bits per heavy atom. The van der Waals surface area contributed by atoms with Crippen molar-refractivity contribution in [2.45, 2.75) is 37.0 Å². The van der Waals surface area contributed by atoms with Gasteiger partial charge in [-0.1, -0.05) is 30.3 Å². The predicted molar refractivity (Wildman–Crippen MR) is 54.0 cm³/mol. The lowest BCUT2D eigenvalue weighted by molar-refractivity contribution is -0.207. The fourth-order valence-electron chi connectivity index (χ4n) is 2.04. The van der Waals surface area contributed by atoms with E-state index in [9.17, 15) is 13.2 Å². The summed E-state index contributed by atoms with van der Waals surface area (Å²) in [6.07, 6.45) is -5.49. The Morgan fingerprint density at radius 3 is 2.19 bits per heavy atom. The van der Waals surface area contributed by atoms with Gasteiger partial charge in [0.1, 0.15) is 0 Å². The summed E-state index contributed by atoms with van der Waals surface area (Å²) < 4.78 is 36.8. The highest BCUT2D eigenvalue weighted by Gasteiger charge is 2.50. The molecular weight excluding hydrogens is 217 g/mol. The topological polar surface area (TPSA) is 20.2 Å². The molecule has 1 aromatic carbocycles.